The Labute approximate surface area is 418 Å². The van der Waals surface area contributed by atoms with E-state index in [2.05, 4.69) is 31.2 Å². The monoisotopic (exact) mass is 1010 g/mol. The summed E-state index contributed by atoms with van der Waals surface area (Å²) in [5, 5.41) is 34.7. The number of nitrogens with one attached hydrogen (secondary N) is 3. The molecular formula is C50H55ClN10O5S3. The van der Waals surface area contributed by atoms with E-state index in [-0.39, 0.29) is 31.5 Å². The fourth-order valence-electron chi connectivity index (χ4n) is 8.07. The number of unbranched alkanes of at least 4 members (excludes halogenated alkanes) is 2. The Bertz CT molecular complexity index is 2860. The van der Waals surface area contributed by atoms with Crippen molar-refractivity contribution in [1.82, 2.24) is 45.5 Å². The van der Waals surface area contributed by atoms with Crippen LogP contribution in [0.15, 0.2) is 95.3 Å². The topological polar surface area (TPSA) is 189 Å². The van der Waals surface area contributed by atoms with E-state index in [0.29, 0.717) is 18.1 Å². The van der Waals surface area contributed by atoms with Gasteiger partial charge in [0.1, 0.15) is 35.1 Å². The largest absolute Gasteiger partial charge is 0.493 e. The van der Waals surface area contributed by atoms with Crippen LogP contribution in [0.3, 0.4) is 0 Å². The average molecular weight is 1010 g/mol. The van der Waals surface area contributed by atoms with E-state index >= 15 is 0 Å². The van der Waals surface area contributed by atoms with Crippen LogP contribution in [0, 0.1) is 12.3 Å². The van der Waals surface area contributed by atoms with Gasteiger partial charge in [-0.25, -0.2) is 19.6 Å². The van der Waals surface area contributed by atoms with Crippen molar-refractivity contribution in [2.45, 2.75) is 97.5 Å². The van der Waals surface area contributed by atoms with Gasteiger partial charge in [0.05, 0.1) is 46.2 Å². The number of aliphatic hydroxyl groups excluding tert-OH is 1. The molecule has 0 spiro atoms. The van der Waals surface area contributed by atoms with Crippen LogP contribution >= 0.6 is 45.6 Å². The molecule has 1 aliphatic heterocycles. The number of β-amino-alcohol motifs (C(OH)–C–C–N with tert-alkyl or cyclic N) is 1. The molecule has 1 saturated heterocycles. The van der Waals surface area contributed by atoms with Crippen LogP contribution in [0.1, 0.15) is 76.4 Å². The van der Waals surface area contributed by atoms with Crippen molar-refractivity contribution in [3.8, 4) is 38.1 Å². The van der Waals surface area contributed by atoms with Crippen LogP contribution in [0.25, 0.3) is 32.4 Å². The van der Waals surface area contributed by atoms with Crippen molar-refractivity contribution < 1.29 is 24.2 Å². The van der Waals surface area contributed by atoms with Gasteiger partial charge in [0.2, 0.25) is 17.7 Å². The third-order valence-electron chi connectivity index (χ3n) is 11.8. The number of carbonyl (C=O) groups excluding carboxylic acids is 3. The number of aliphatic hydroxyl groups is 1. The number of anilines is 2. The normalized spacial score (nSPS) is 15.7. The summed E-state index contributed by atoms with van der Waals surface area (Å²) in [5.41, 5.74) is 8.25. The highest BCUT2D eigenvalue weighted by Crippen LogP contribution is 2.36. The van der Waals surface area contributed by atoms with Gasteiger partial charge in [0.25, 0.3) is 0 Å². The van der Waals surface area contributed by atoms with Crippen LogP contribution in [0.4, 0.5) is 10.8 Å². The van der Waals surface area contributed by atoms with E-state index in [1.165, 1.54) is 32.3 Å². The first-order valence-corrected chi connectivity index (χ1v) is 25.8. The molecule has 4 N–H and O–H groups in total. The second-order valence-corrected chi connectivity index (χ2v) is 21.2. The molecule has 0 saturated carbocycles. The SMILES string of the molecule is Cc1ncsc1-c1ccc([C@H](C)NC(=O)[C@@H]2C[C@@H](O)CN2C(=O)[C@@H](NC(=O)Cn2cc(CCCCCOc3ccccc3-c3csc(-c4csc(Nc5ccc(Cl)cc5)n4)n3)nn2)C(C)(C)C)cc1. The fourth-order valence-corrected chi connectivity index (χ4v) is 10.6. The molecule has 0 unspecified atom stereocenters. The molecule has 19 heteroatoms. The second-order valence-electron chi connectivity index (χ2n) is 18.2. The van der Waals surface area contributed by atoms with Gasteiger partial charge in [-0.15, -0.1) is 39.1 Å². The number of aromatic nitrogens is 6. The minimum Gasteiger partial charge on any atom is -0.493 e. The van der Waals surface area contributed by atoms with Crippen molar-refractivity contribution in [3.05, 3.63) is 117 Å². The molecule has 1 aliphatic rings. The standard InChI is InChI=1S/C50H55ClN10O5S3/c1-30(32-14-16-33(17-15-32)44-31(2)52-29-69-44)53-46(64)41-23-37(62)25-61(41)48(65)45(50(3,4)5)57-43(63)26-60-24-36(58-59-60)11-7-6-10-22-66-42-13-9-8-12-38(42)39-27-67-47(55-39)40-28-68-49(56-40)54-35-20-18-34(51)19-21-35/h8-9,12-21,24,27-30,37,41,45,62H,6-7,10-11,22-23,25-26H2,1-5H3,(H,53,64)(H,54,56)(H,57,63)/t30-,37+,41-,45+/m0/s1. The number of rotatable bonds is 19. The summed E-state index contributed by atoms with van der Waals surface area (Å²) >= 11 is 10.7. The lowest BCUT2D eigenvalue weighted by atomic mass is 9.85. The van der Waals surface area contributed by atoms with Crippen molar-refractivity contribution in [3.63, 3.8) is 0 Å². The summed E-state index contributed by atoms with van der Waals surface area (Å²) in [6.07, 6.45) is 4.21. The number of benzene rings is 3. The maximum atomic E-state index is 14.2. The molecule has 7 aromatic rings. The third kappa shape index (κ3) is 12.6. The molecular weight excluding hydrogens is 952 g/mol. The number of ether oxygens (including phenoxy) is 1. The predicted octanol–water partition coefficient (Wildman–Crippen LogP) is 9.52. The van der Waals surface area contributed by atoms with Crippen LogP contribution in [0.5, 0.6) is 5.75 Å². The molecule has 4 atom stereocenters. The molecule has 1 fully saturated rings. The summed E-state index contributed by atoms with van der Waals surface area (Å²) in [4.78, 5) is 57.8. The molecule has 4 aromatic heterocycles. The number of amides is 3. The maximum Gasteiger partial charge on any atom is 0.246 e. The Morgan fingerprint density at radius 1 is 0.928 bits per heavy atom. The Balaban J connectivity index is 0.782. The minimum atomic E-state index is -0.969. The highest BCUT2D eigenvalue weighted by atomic mass is 35.5. The van der Waals surface area contributed by atoms with Crippen molar-refractivity contribution in [1.29, 1.82) is 0 Å². The molecule has 360 valence electrons. The van der Waals surface area contributed by atoms with Gasteiger partial charge in [0, 0.05) is 46.2 Å². The number of thiazole rings is 3. The number of aryl methyl sites for hydroxylation is 2. The molecule has 0 radical (unpaired) electrons. The molecule has 3 amide bonds. The smallest absolute Gasteiger partial charge is 0.246 e. The predicted molar refractivity (Wildman–Crippen MR) is 273 cm³/mol. The molecule has 0 bridgehead atoms. The minimum absolute atomic E-state index is 0.0167. The molecule has 0 aliphatic carbocycles. The molecule has 15 nitrogen and oxygen atoms in total. The lowest BCUT2D eigenvalue weighted by Gasteiger charge is -2.35. The number of hydrogen-bond donors (Lipinski definition) is 4. The zero-order valence-corrected chi connectivity index (χ0v) is 42.2. The van der Waals surface area contributed by atoms with Crippen molar-refractivity contribution in [2.75, 3.05) is 18.5 Å². The second kappa shape index (κ2) is 22.1. The summed E-state index contributed by atoms with van der Waals surface area (Å²) in [6, 6.07) is 21.1. The summed E-state index contributed by atoms with van der Waals surface area (Å²) < 4.78 is 7.72. The summed E-state index contributed by atoms with van der Waals surface area (Å²) in [7, 11) is 0. The maximum absolute atomic E-state index is 14.2. The Kier molecular flexibility index (Phi) is 15.8. The highest BCUT2D eigenvalue weighted by molar-refractivity contribution is 7.16. The third-order valence-corrected chi connectivity index (χ3v) is 14.6. The van der Waals surface area contributed by atoms with E-state index in [0.717, 1.165) is 85.2 Å². The Morgan fingerprint density at radius 3 is 2.45 bits per heavy atom. The zero-order chi connectivity index (χ0) is 48.7. The van der Waals surface area contributed by atoms with E-state index in [1.54, 1.807) is 17.5 Å². The number of para-hydroxylation sites is 1. The zero-order valence-electron chi connectivity index (χ0n) is 39.0. The quantitative estimate of drug-likeness (QED) is 0.0565. The summed E-state index contributed by atoms with van der Waals surface area (Å²) in [5.74, 6) is -0.450. The van der Waals surface area contributed by atoms with Gasteiger partial charge < -0.3 is 30.7 Å². The molecule has 8 rings (SSSR count). The van der Waals surface area contributed by atoms with Gasteiger partial charge in [-0.05, 0) is 92.5 Å². The number of carbonyl (C=O) groups is 3. The van der Waals surface area contributed by atoms with E-state index in [1.807, 2.05) is 124 Å². The van der Waals surface area contributed by atoms with Crippen molar-refractivity contribution >= 4 is 74.2 Å². The van der Waals surface area contributed by atoms with Gasteiger partial charge in [-0.1, -0.05) is 74.0 Å². The molecule has 5 heterocycles. The van der Waals surface area contributed by atoms with Crippen LogP contribution in [-0.4, -0.2) is 89.0 Å². The first kappa shape index (κ1) is 49.4. The van der Waals surface area contributed by atoms with Gasteiger partial charge >= 0.3 is 0 Å². The van der Waals surface area contributed by atoms with Crippen LogP contribution in [-0.2, 0) is 27.3 Å². The molecule has 3 aromatic carbocycles. The fraction of sp³-hybridized carbons (Fsp3) is 0.360. The lowest BCUT2D eigenvalue weighted by molar-refractivity contribution is -0.144. The number of nitrogens with zero attached hydrogens (tertiary/aromatic N) is 7. The van der Waals surface area contributed by atoms with Gasteiger partial charge in [-0.2, -0.15) is 0 Å². The highest BCUT2D eigenvalue weighted by Gasteiger charge is 2.44. The summed E-state index contributed by atoms with van der Waals surface area (Å²) in [6.45, 7) is 9.80. The van der Waals surface area contributed by atoms with E-state index < -0.39 is 35.4 Å². The van der Waals surface area contributed by atoms with Crippen molar-refractivity contribution in [2.24, 2.45) is 5.41 Å². The number of likely N-dealkylation sites (tertiary alicyclic amines) is 1. The Morgan fingerprint density at radius 2 is 1.70 bits per heavy atom. The first-order valence-electron chi connectivity index (χ1n) is 22.8. The lowest BCUT2D eigenvalue weighted by Crippen LogP contribution is -2.58. The molecule has 69 heavy (non-hydrogen) atoms. The van der Waals surface area contributed by atoms with E-state index in [9.17, 15) is 19.5 Å². The van der Waals surface area contributed by atoms with E-state index in [4.69, 9.17) is 26.3 Å². The van der Waals surface area contributed by atoms with Crippen LogP contribution < -0.4 is 20.7 Å². The van der Waals surface area contributed by atoms with Crippen LogP contribution in [0.2, 0.25) is 5.02 Å². The number of hydrogen-bond acceptors (Lipinski definition) is 14. The van der Waals surface area contributed by atoms with Gasteiger partial charge in [0.15, 0.2) is 5.13 Å². The first-order chi connectivity index (χ1) is 33.2. The average Bonchev–Trinajstić information content (AvgIpc) is 4.20. The number of halogens is 1. The van der Waals surface area contributed by atoms with Gasteiger partial charge in [-0.3, -0.25) is 14.4 Å². The Hall–Kier alpha value is -6.05.